The highest BCUT2D eigenvalue weighted by Gasteiger charge is 2.32. The lowest BCUT2D eigenvalue weighted by Gasteiger charge is -2.27. The summed E-state index contributed by atoms with van der Waals surface area (Å²) in [5.41, 5.74) is 8.94. The summed E-state index contributed by atoms with van der Waals surface area (Å²) < 4.78 is 28.6. The number of nitrogens with two attached hydrogens (primary N) is 1. The molecule has 1 atom stereocenters. The molecule has 4 aromatic carbocycles. The molecule has 1 aliphatic heterocycles. The molecule has 0 aromatic heterocycles. The minimum atomic E-state index is -0.571. The SMILES string of the molecule is CCCOc1ccc(C(=O)Oc2ccc3c(c2)OC(N)=C(C#N)C3c2ccc(OCc3ccc(Cl)cc3Cl)c(OC)c2)cc1. The monoisotopic (exact) mass is 630 g/mol. The molecule has 2 N–H and O–H groups in total. The van der Waals surface area contributed by atoms with Crippen LogP contribution in [0.25, 0.3) is 0 Å². The molecule has 224 valence electrons. The molecule has 1 heterocycles. The van der Waals surface area contributed by atoms with Gasteiger partial charge >= 0.3 is 5.97 Å². The fourth-order valence-corrected chi connectivity index (χ4v) is 5.16. The molecule has 0 amide bonds. The average Bonchev–Trinajstić information content (AvgIpc) is 3.02. The Bertz CT molecular complexity index is 1770. The molecule has 0 saturated heterocycles. The number of esters is 1. The number of rotatable bonds is 10. The van der Waals surface area contributed by atoms with E-state index in [0.29, 0.717) is 50.8 Å². The van der Waals surface area contributed by atoms with Gasteiger partial charge in [-0.2, -0.15) is 5.26 Å². The number of nitrogens with zero attached hydrogens (tertiary/aromatic N) is 1. The topological polar surface area (TPSA) is 113 Å². The standard InChI is InChI=1S/C34H28Cl2N2O6/c1-3-14-41-24-9-5-20(6-10-24)34(39)43-25-11-12-26-30(17-25)44-33(38)27(18-37)32(26)21-7-13-29(31(15-21)40-2)42-19-22-4-8-23(35)16-28(22)36/h4-13,15-17,32H,3,14,19,38H2,1-2H3. The van der Waals surface area contributed by atoms with Crippen LogP contribution in [-0.4, -0.2) is 19.7 Å². The summed E-state index contributed by atoms with van der Waals surface area (Å²) in [6.45, 7) is 2.81. The molecule has 0 saturated carbocycles. The maximum absolute atomic E-state index is 12.8. The second-order valence-corrected chi connectivity index (χ2v) is 10.7. The lowest BCUT2D eigenvalue weighted by Crippen LogP contribution is -2.21. The van der Waals surface area contributed by atoms with Crippen molar-refractivity contribution in [2.24, 2.45) is 5.73 Å². The number of hydrogen-bond donors (Lipinski definition) is 1. The first-order valence-corrected chi connectivity index (χ1v) is 14.5. The van der Waals surface area contributed by atoms with Crippen LogP contribution in [0.2, 0.25) is 10.0 Å². The summed E-state index contributed by atoms with van der Waals surface area (Å²) in [6, 6.07) is 24.4. The van der Waals surface area contributed by atoms with Crippen LogP contribution in [0.15, 0.2) is 90.3 Å². The van der Waals surface area contributed by atoms with Crippen molar-refractivity contribution in [3.8, 4) is 34.8 Å². The van der Waals surface area contributed by atoms with Gasteiger partial charge in [0.05, 0.1) is 25.2 Å². The first kappa shape index (κ1) is 30.6. The van der Waals surface area contributed by atoms with Crippen molar-refractivity contribution in [1.29, 1.82) is 5.26 Å². The number of fused-ring (bicyclic) bond motifs is 1. The highest BCUT2D eigenvalue weighted by molar-refractivity contribution is 6.35. The molecular weight excluding hydrogens is 603 g/mol. The van der Waals surface area contributed by atoms with Crippen molar-refractivity contribution >= 4 is 29.2 Å². The van der Waals surface area contributed by atoms with E-state index in [0.717, 1.165) is 17.5 Å². The first-order valence-electron chi connectivity index (χ1n) is 13.7. The highest BCUT2D eigenvalue weighted by Crippen LogP contribution is 2.45. The summed E-state index contributed by atoms with van der Waals surface area (Å²) >= 11 is 12.3. The van der Waals surface area contributed by atoms with Gasteiger partial charge < -0.3 is 29.4 Å². The number of carbonyl (C=O) groups is 1. The van der Waals surface area contributed by atoms with Gasteiger partial charge in [-0.05, 0) is 66.6 Å². The third-order valence-electron chi connectivity index (χ3n) is 6.88. The Balaban J connectivity index is 1.38. The lowest BCUT2D eigenvalue weighted by molar-refractivity contribution is 0.0734. The molecule has 0 aliphatic carbocycles. The van der Waals surface area contributed by atoms with Crippen LogP contribution >= 0.6 is 23.2 Å². The Hall–Kier alpha value is -4.84. The van der Waals surface area contributed by atoms with E-state index in [1.165, 1.54) is 7.11 Å². The van der Waals surface area contributed by atoms with E-state index in [2.05, 4.69) is 6.07 Å². The summed E-state index contributed by atoms with van der Waals surface area (Å²) in [7, 11) is 1.53. The number of allylic oxidation sites excluding steroid dienone is 1. The Morgan fingerprint density at radius 3 is 2.43 bits per heavy atom. The van der Waals surface area contributed by atoms with Crippen molar-refractivity contribution in [1.82, 2.24) is 0 Å². The van der Waals surface area contributed by atoms with E-state index in [1.807, 2.05) is 13.0 Å². The third kappa shape index (κ3) is 6.70. The average molecular weight is 632 g/mol. The van der Waals surface area contributed by atoms with E-state index < -0.39 is 11.9 Å². The van der Waals surface area contributed by atoms with E-state index in [-0.39, 0.29) is 23.8 Å². The number of ether oxygens (including phenoxy) is 5. The fourth-order valence-electron chi connectivity index (χ4n) is 4.69. The fraction of sp³-hybridized carbons (Fsp3) is 0.176. The van der Waals surface area contributed by atoms with Gasteiger partial charge in [-0.3, -0.25) is 0 Å². The van der Waals surface area contributed by atoms with Crippen molar-refractivity contribution < 1.29 is 28.5 Å². The van der Waals surface area contributed by atoms with E-state index in [4.69, 9.17) is 52.6 Å². The first-order chi connectivity index (χ1) is 21.3. The Labute approximate surface area is 265 Å². The van der Waals surface area contributed by atoms with Crippen LogP contribution in [0.4, 0.5) is 0 Å². The second-order valence-electron chi connectivity index (χ2n) is 9.82. The van der Waals surface area contributed by atoms with Gasteiger partial charge in [-0.25, -0.2) is 4.79 Å². The zero-order valence-corrected chi connectivity index (χ0v) is 25.4. The largest absolute Gasteiger partial charge is 0.494 e. The summed E-state index contributed by atoms with van der Waals surface area (Å²) in [5, 5.41) is 11.0. The van der Waals surface area contributed by atoms with Gasteiger partial charge in [0.2, 0.25) is 5.88 Å². The number of nitriles is 1. The zero-order valence-electron chi connectivity index (χ0n) is 23.9. The van der Waals surface area contributed by atoms with Gasteiger partial charge in [0.25, 0.3) is 0 Å². The van der Waals surface area contributed by atoms with Crippen LogP contribution < -0.4 is 29.4 Å². The second kappa shape index (κ2) is 13.6. The molecule has 10 heteroatoms. The zero-order chi connectivity index (χ0) is 31.2. The van der Waals surface area contributed by atoms with Crippen LogP contribution in [0, 0.1) is 11.3 Å². The molecule has 0 fully saturated rings. The molecule has 5 rings (SSSR count). The summed E-state index contributed by atoms with van der Waals surface area (Å²) in [6.07, 6.45) is 0.884. The predicted octanol–water partition coefficient (Wildman–Crippen LogP) is 7.81. The van der Waals surface area contributed by atoms with Crippen LogP contribution in [0.3, 0.4) is 0 Å². The Kier molecular flexibility index (Phi) is 9.49. The molecule has 0 radical (unpaired) electrons. The highest BCUT2D eigenvalue weighted by atomic mass is 35.5. The minimum absolute atomic E-state index is 0.0483. The molecule has 1 unspecified atom stereocenters. The third-order valence-corrected chi connectivity index (χ3v) is 7.47. The van der Waals surface area contributed by atoms with Gasteiger partial charge in [-0.1, -0.05) is 48.3 Å². The summed E-state index contributed by atoms with van der Waals surface area (Å²) in [5.74, 6) is 1.07. The number of hydrogen-bond acceptors (Lipinski definition) is 8. The molecule has 44 heavy (non-hydrogen) atoms. The van der Waals surface area contributed by atoms with Gasteiger partial charge in [0, 0.05) is 27.2 Å². The van der Waals surface area contributed by atoms with E-state index in [1.54, 1.807) is 72.8 Å². The smallest absolute Gasteiger partial charge is 0.343 e. The van der Waals surface area contributed by atoms with Crippen molar-refractivity contribution in [2.75, 3.05) is 13.7 Å². The van der Waals surface area contributed by atoms with Crippen LogP contribution in [0.1, 0.15) is 46.3 Å². The molecule has 4 aromatic rings. The molecule has 0 spiro atoms. The van der Waals surface area contributed by atoms with Crippen LogP contribution in [-0.2, 0) is 6.61 Å². The Morgan fingerprint density at radius 2 is 1.73 bits per heavy atom. The van der Waals surface area contributed by atoms with Gasteiger partial charge in [0.1, 0.15) is 35.5 Å². The van der Waals surface area contributed by atoms with Crippen molar-refractivity contribution in [3.63, 3.8) is 0 Å². The van der Waals surface area contributed by atoms with Crippen LogP contribution in [0.5, 0.6) is 28.7 Å². The Morgan fingerprint density at radius 1 is 0.955 bits per heavy atom. The molecule has 0 bridgehead atoms. The van der Waals surface area contributed by atoms with Crippen molar-refractivity contribution in [2.45, 2.75) is 25.9 Å². The van der Waals surface area contributed by atoms with Gasteiger partial charge in [-0.15, -0.1) is 0 Å². The number of halogens is 2. The number of methoxy groups -OCH3 is 1. The van der Waals surface area contributed by atoms with Gasteiger partial charge in [0.15, 0.2) is 11.5 Å². The minimum Gasteiger partial charge on any atom is -0.494 e. The molecule has 8 nitrogen and oxygen atoms in total. The number of carbonyl (C=O) groups excluding carboxylic acids is 1. The maximum Gasteiger partial charge on any atom is 0.343 e. The van der Waals surface area contributed by atoms with E-state index >= 15 is 0 Å². The number of benzene rings is 4. The normalized spacial score (nSPS) is 13.8. The maximum atomic E-state index is 12.8. The lowest BCUT2D eigenvalue weighted by atomic mass is 9.83. The van der Waals surface area contributed by atoms with Crippen molar-refractivity contribution in [3.05, 3.63) is 123 Å². The molecule has 1 aliphatic rings. The molecular formula is C34H28Cl2N2O6. The van der Waals surface area contributed by atoms with E-state index in [9.17, 15) is 10.1 Å². The quantitative estimate of drug-likeness (QED) is 0.139. The summed E-state index contributed by atoms with van der Waals surface area (Å²) in [4.78, 5) is 12.8. The predicted molar refractivity (Wildman–Crippen MR) is 167 cm³/mol.